The van der Waals surface area contributed by atoms with E-state index >= 15 is 0 Å². The highest BCUT2D eigenvalue weighted by Gasteiger charge is 2.53. The summed E-state index contributed by atoms with van der Waals surface area (Å²) in [7, 11) is 0. The van der Waals surface area contributed by atoms with Gasteiger partial charge in [-0.3, -0.25) is 4.90 Å². The van der Waals surface area contributed by atoms with Crippen molar-refractivity contribution in [3.63, 3.8) is 0 Å². The van der Waals surface area contributed by atoms with Gasteiger partial charge in [-0.05, 0) is 53.5 Å². The number of hydrogen-bond acceptors (Lipinski definition) is 3. The Kier molecular flexibility index (Phi) is 3.79. The molecule has 2 saturated heterocycles. The maximum Gasteiger partial charge on any atom is 0.0896 e. The largest absolute Gasteiger partial charge is 0.390 e. The molecule has 2 heterocycles. The molecule has 0 aliphatic carbocycles. The Morgan fingerprint density at radius 3 is 2.39 bits per heavy atom. The van der Waals surface area contributed by atoms with E-state index in [1.807, 2.05) is 13.8 Å². The van der Waals surface area contributed by atoms with Crippen LogP contribution in [0.1, 0.15) is 53.9 Å². The maximum absolute atomic E-state index is 10.5. The Morgan fingerprint density at radius 2 is 1.89 bits per heavy atom. The van der Waals surface area contributed by atoms with E-state index in [9.17, 15) is 5.11 Å². The Labute approximate surface area is 112 Å². The first-order valence-corrected chi connectivity index (χ1v) is 7.40. The van der Waals surface area contributed by atoms with E-state index in [0.29, 0.717) is 6.04 Å². The van der Waals surface area contributed by atoms with Gasteiger partial charge in [-0.25, -0.2) is 0 Å². The molecular formula is C15H29NO2. The topological polar surface area (TPSA) is 32.7 Å². The number of rotatable bonds is 3. The van der Waals surface area contributed by atoms with Crippen LogP contribution >= 0.6 is 0 Å². The molecule has 3 atom stereocenters. The van der Waals surface area contributed by atoms with Gasteiger partial charge in [0.1, 0.15) is 0 Å². The van der Waals surface area contributed by atoms with Gasteiger partial charge in [0.05, 0.1) is 17.3 Å². The van der Waals surface area contributed by atoms with Gasteiger partial charge in [0.2, 0.25) is 0 Å². The minimum absolute atomic E-state index is 0.208. The molecule has 3 unspecified atom stereocenters. The number of aliphatic hydroxyl groups is 1. The standard InChI is InChI=1S/C15H29NO2/c1-6-11-8-7-9-16(11)10-12-13(17)15(4,5)18-14(12,2)3/h11-13,17H,6-10H2,1-5H3. The van der Waals surface area contributed by atoms with Crippen molar-refractivity contribution in [2.24, 2.45) is 5.92 Å². The van der Waals surface area contributed by atoms with Gasteiger partial charge >= 0.3 is 0 Å². The Balaban J connectivity index is 2.08. The molecule has 2 aliphatic rings. The van der Waals surface area contributed by atoms with Gasteiger partial charge in [0, 0.05) is 18.5 Å². The fourth-order valence-corrected chi connectivity index (χ4v) is 3.85. The molecule has 18 heavy (non-hydrogen) atoms. The number of ether oxygens (including phenoxy) is 1. The molecule has 2 fully saturated rings. The Bertz CT molecular complexity index is 301. The smallest absolute Gasteiger partial charge is 0.0896 e. The van der Waals surface area contributed by atoms with Crippen molar-refractivity contribution in [3.8, 4) is 0 Å². The molecule has 106 valence electrons. The molecule has 0 aromatic rings. The summed E-state index contributed by atoms with van der Waals surface area (Å²) in [6.07, 6.45) is 3.45. The highest BCUT2D eigenvalue weighted by atomic mass is 16.5. The van der Waals surface area contributed by atoms with Gasteiger partial charge < -0.3 is 9.84 Å². The van der Waals surface area contributed by atoms with E-state index in [4.69, 9.17) is 4.74 Å². The molecular weight excluding hydrogens is 226 g/mol. The number of nitrogens with zero attached hydrogens (tertiary/aromatic N) is 1. The molecule has 0 aromatic heterocycles. The van der Waals surface area contributed by atoms with Gasteiger partial charge in [-0.2, -0.15) is 0 Å². The van der Waals surface area contributed by atoms with Crippen LogP contribution in [0.5, 0.6) is 0 Å². The first-order valence-electron chi connectivity index (χ1n) is 7.40. The number of likely N-dealkylation sites (tertiary alicyclic amines) is 1. The van der Waals surface area contributed by atoms with Crippen molar-refractivity contribution in [2.45, 2.75) is 77.2 Å². The lowest BCUT2D eigenvalue weighted by Gasteiger charge is -2.33. The molecule has 0 bridgehead atoms. The van der Waals surface area contributed by atoms with E-state index in [0.717, 1.165) is 6.54 Å². The second-order valence-corrected chi connectivity index (χ2v) is 7.06. The minimum Gasteiger partial charge on any atom is -0.390 e. The van der Waals surface area contributed by atoms with E-state index in [1.165, 1.54) is 25.8 Å². The van der Waals surface area contributed by atoms with Crippen molar-refractivity contribution in [2.75, 3.05) is 13.1 Å². The zero-order valence-electron chi connectivity index (χ0n) is 12.6. The Morgan fingerprint density at radius 1 is 1.22 bits per heavy atom. The summed E-state index contributed by atoms with van der Waals surface area (Å²) in [6.45, 7) is 12.6. The molecule has 2 rings (SSSR count). The molecule has 3 nitrogen and oxygen atoms in total. The van der Waals surface area contributed by atoms with Gasteiger partial charge in [-0.1, -0.05) is 6.92 Å². The van der Waals surface area contributed by atoms with Crippen molar-refractivity contribution in [1.82, 2.24) is 4.90 Å². The Hall–Kier alpha value is -0.120. The predicted molar refractivity (Wildman–Crippen MR) is 73.6 cm³/mol. The fourth-order valence-electron chi connectivity index (χ4n) is 3.85. The molecule has 2 aliphatic heterocycles. The summed E-state index contributed by atoms with van der Waals surface area (Å²) < 4.78 is 6.06. The summed E-state index contributed by atoms with van der Waals surface area (Å²) in [5.41, 5.74) is -0.653. The molecule has 1 N–H and O–H groups in total. The summed E-state index contributed by atoms with van der Waals surface area (Å²) in [4.78, 5) is 2.56. The van der Waals surface area contributed by atoms with Crippen LogP contribution < -0.4 is 0 Å². The highest BCUT2D eigenvalue weighted by molar-refractivity contribution is 5.03. The normalized spacial score (nSPS) is 39.3. The second-order valence-electron chi connectivity index (χ2n) is 7.06. The first kappa shape index (κ1) is 14.3. The lowest BCUT2D eigenvalue weighted by molar-refractivity contribution is -0.0914. The summed E-state index contributed by atoms with van der Waals surface area (Å²) >= 11 is 0. The first-order chi connectivity index (χ1) is 8.28. The SMILES string of the molecule is CCC1CCCN1CC1C(O)C(C)(C)OC1(C)C. The van der Waals surface area contributed by atoms with E-state index in [-0.39, 0.29) is 17.6 Å². The van der Waals surface area contributed by atoms with Gasteiger partial charge in [0.25, 0.3) is 0 Å². The van der Waals surface area contributed by atoms with Crippen molar-refractivity contribution in [3.05, 3.63) is 0 Å². The fraction of sp³-hybridized carbons (Fsp3) is 1.00. The summed E-state index contributed by atoms with van der Waals surface area (Å²) in [5.74, 6) is 0.208. The molecule has 0 radical (unpaired) electrons. The lowest BCUT2D eigenvalue weighted by Crippen LogP contribution is -2.44. The highest BCUT2D eigenvalue weighted by Crippen LogP contribution is 2.43. The molecule has 3 heteroatoms. The van der Waals surface area contributed by atoms with Crippen LogP contribution in [-0.4, -0.2) is 46.4 Å². The molecule has 0 amide bonds. The molecule has 0 aromatic carbocycles. The van der Waals surface area contributed by atoms with E-state index in [1.54, 1.807) is 0 Å². The summed E-state index contributed by atoms with van der Waals surface area (Å²) in [5, 5.41) is 10.5. The number of hydrogen-bond donors (Lipinski definition) is 1. The monoisotopic (exact) mass is 255 g/mol. The van der Waals surface area contributed by atoms with Crippen LogP contribution in [0.25, 0.3) is 0 Å². The second kappa shape index (κ2) is 4.77. The lowest BCUT2D eigenvalue weighted by atomic mass is 9.84. The third-order valence-corrected chi connectivity index (χ3v) is 4.91. The van der Waals surface area contributed by atoms with Gasteiger partial charge in [0.15, 0.2) is 0 Å². The third kappa shape index (κ3) is 2.45. The van der Waals surface area contributed by atoms with Gasteiger partial charge in [-0.15, -0.1) is 0 Å². The predicted octanol–water partition coefficient (Wildman–Crippen LogP) is 2.43. The van der Waals surface area contributed by atoms with Crippen LogP contribution in [0.15, 0.2) is 0 Å². The minimum atomic E-state index is -0.421. The van der Waals surface area contributed by atoms with Crippen LogP contribution in [-0.2, 0) is 4.74 Å². The number of aliphatic hydroxyl groups excluding tert-OH is 1. The maximum atomic E-state index is 10.5. The average Bonchev–Trinajstić information content (AvgIpc) is 2.75. The zero-order chi connectivity index (χ0) is 13.6. The third-order valence-electron chi connectivity index (χ3n) is 4.91. The van der Waals surface area contributed by atoms with Crippen LogP contribution in [0.3, 0.4) is 0 Å². The average molecular weight is 255 g/mol. The zero-order valence-corrected chi connectivity index (χ0v) is 12.6. The molecule has 0 spiro atoms. The quantitative estimate of drug-likeness (QED) is 0.840. The van der Waals surface area contributed by atoms with Crippen LogP contribution in [0.4, 0.5) is 0 Å². The van der Waals surface area contributed by atoms with Crippen molar-refractivity contribution >= 4 is 0 Å². The van der Waals surface area contributed by atoms with Crippen molar-refractivity contribution in [1.29, 1.82) is 0 Å². The van der Waals surface area contributed by atoms with Crippen LogP contribution in [0, 0.1) is 5.92 Å². The van der Waals surface area contributed by atoms with E-state index in [2.05, 4.69) is 25.7 Å². The van der Waals surface area contributed by atoms with Crippen LogP contribution in [0.2, 0.25) is 0 Å². The molecule has 0 saturated carbocycles. The van der Waals surface area contributed by atoms with Crippen molar-refractivity contribution < 1.29 is 9.84 Å². The van der Waals surface area contributed by atoms with E-state index < -0.39 is 5.60 Å². The summed E-state index contributed by atoms with van der Waals surface area (Å²) in [6, 6.07) is 0.705.